The molecular formula is C18H28N4O3. The number of nitro benzene ring substituents is 1. The quantitative estimate of drug-likeness (QED) is 0.610. The summed E-state index contributed by atoms with van der Waals surface area (Å²) < 4.78 is 0. The fourth-order valence-corrected chi connectivity index (χ4v) is 3.73. The zero-order valence-corrected chi connectivity index (χ0v) is 15.4. The summed E-state index contributed by atoms with van der Waals surface area (Å²) in [6, 6.07) is 4.60. The third kappa shape index (κ3) is 5.16. The summed E-state index contributed by atoms with van der Waals surface area (Å²) in [7, 11) is 1.50. The van der Waals surface area contributed by atoms with Crippen LogP contribution in [0.4, 0.5) is 11.4 Å². The number of hydrogen-bond donors (Lipinski definition) is 2. The van der Waals surface area contributed by atoms with Crippen LogP contribution in [0.25, 0.3) is 0 Å². The Morgan fingerprint density at radius 3 is 2.56 bits per heavy atom. The van der Waals surface area contributed by atoms with E-state index in [2.05, 4.69) is 29.4 Å². The Balaban J connectivity index is 2.08. The van der Waals surface area contributed by atoms with E-state index in [4.69, 9.17) is 0 Å². The third-order valence-corrected chi connectivity index (χ3v) is 4.56. The number of anilines is 1. The molecule has 0 aromatic heterocycles. The Morgan fingerprint density at radius 1 is 1.36 bits per heavy atom. The highest BCUT2D eigenvalue weighted by atomic mass is 16.6. The first-order valence-electron chi connectivity index (χ1n) is 8.79. The Labute approximate surface area is 148 Å². The standard InChI is InChI=1S/C18H28N4O3/c1-12-7-13(2)10-21(9-12)11-14(3)20-16-6-5-15(18(23)19-4)8-17(16)22(24)25/h5-6,8,12-14,20H,7,9-11H2,1-4H3,(H,19,23). The lowest BCUT2D eigenvalue weighted by molar-refractivity contribution is -0.384. The van der Waals surface area contributed by atoms with Crippen LogP contribution >= 0.6 is 0 Å². The molecule has 2 rings (SSSR count). The lowest BCUT2D eigenvalue weighted by Crippen LogP contribution is -2.43. The highest BCUT2D eigenvalue weighted by Gasteiger charge is 2.24. The van der Waals surface area contributed by atoms with Gasteiger partial charge in [-0.15, -0.1) is 0 Å². The van der Waals surface area contributed by atoms with Gasteiger partial charge in [-0.05, 0) is 37.3 Å². The van der Waals surface area contributed by atoms with Crippen LogP contribution in [0.3, 0.4) is 0 Å². The number of carbonyl (C=O) groups excluding carboxylic acids is 1. The van der Waals surface area contributed by atoms with Gasteiger partial charge in [0.1, 0.15) is 5.69 Å². The summed E-state index contributed by atoms with van der Waals surface area (Å²) in [5, 5.41) is 17.1. The van der Waals surface area contributed by atoms with Crippen molar-refractivity contribution in [3.8, 4) is 0 Å². The molecule has 1 amide bonds. The van der Waals surface area contributed by atoms with Crippen LogP contribution in [-0.4, -0.2) is 48.5 Å². The van der Waals surface area contributed by atoms with Gasteiger partial charge in [-0.2, -0.15) is 0 Å². The molecule has 1 aromatic rings. The summed E-state index contributed by atoms with van der Waals surface area (Å²) in [5.74, 6) is 1.02. The highest BCUT2D eigenvalue weighted by molar-refractivity contribution is 5.95. The van der Waals surface area contributed by atoms with Crippen molar-refractivity contribution >= 4 is 17.3 Å². The molecule has 1 saturated heterocycles. The average molecular weight is 348 g/mol. The zero-order valence-electron chi connectivity index (χ0n) is 15.4. The molecule has 0 aliphatic carbocycles. The number of hydrogen-bond acceptors (Lipinski definition) is 5. The Bertz CT molecular complexity index is 625. The first-order chi connectivity index (χ1) is 11.8. The molecule has 0 spiro atoms. The summed E-state index contributed by atoms with van der Waals surface area (Å²) in [6.45, 7) is 9.53. The van der Waals surface area contributed by atoms with E-state index in [1.54, 1.807) is 12.1 Å². The average Bonchev–Trinajstić information content (AvgIpc) is 2.53. The minimum atomic E-state index is -0.452. The van der Waals surface area contributed by atoms with Crippen LogP contribution in [-0.2, 0) is 0 Å². The number of amides is 1. The molecule has 7 heteroatoms. The van der Waals surface area contributed by atoms with E-state index in [0.29, 0.717) is 17.5 Å². The summed E-state index contributed by atoms with van der Waals surface area (Å²) in [4.78, 5) is 25.0. The van der Waals surface area contributed by atoms with Gasteiger partial charge < -0.3 is 15.5 Å². The van der Waals surface area contributed by atoms with Crippen molar-refractivity contribution in [2.75, 3.05) is 32.0 Å². The minimum absolute atomic E-state index is 0.0713. The second-order valence-electron chi connectivity index (χ2n) is 7.28. The lowest BCUT2D eigenvalue weighted by atomic mass is 9.92. The van der Waals surface area contributed by atoms with Gasteiger partial charge in [-0.25, -0.2) is 0 Å². The van der Waals surface area contributed by atoms with Crippen molar-refractivity contribution in [1.29, 1.82) is 0 Å². The monoisotopic (exact) mass is 348 g/mol. The van der Waals surface area contributed by atoms with E-state index in [9.17, 15) is 14.9 Å². The van der Waals surface area contributed by atoms with E-state index in [-0.39, 0.29) is 23.2 Å². The van der Waals surface area contributed by atoms with Crippen molar-refractivity contribution in [3.63, 3.8) is 0 Å². The van der Waals surface area contributed by atoms with Crippen LogP contribution in [0.2, 0.25) is 0 Å². The van der Waals surface area contributed by atoms with Crippen molar-refractivity contribution in [3.05, 3.63) is 33.9 Å². The lowest BCUT2D eigenvalue weighted by Gasteiger charge is -2.36. The Kier molecular flexibility index (Phi) is 6.36. The van der Waals surface area contributed by atoms with E-state index in [1.807, 2.05) is 6.92 Å². The molecule has 0 bridgehead atoms. The molecule has 1 aliphatic heterocycles. The molecule has 3 atom stereocenters. The maximum Gasteiger partial charge on any atom is 0.293 e. The predicted molar refractivity (Wildman–Crippen MR) is 99.0 cm³/mol. The second-order valence-corrected chi connectivity index (χ2v) is 7.28. The topological polar surface area (TPSA) is 87.5 Å². The first kappa shape index (κ1) is 19.2. The van der Waals surface area contributed by atoms with Crippen LogP contribution in [0.1, 0.15) is 37.6 Å². The summed E-state index contributed by atoms with van der Waals surface area (Å²) in [6.07, 6.45) is 1.25. The molecule has 138 valence electrons. The Hall–Kier alpha value is -2.15. The zero-order chi connectivity index (χ0) is 18.6. The molecule has 1 fully saturated rings. The van der Waals surface area contributed by atoms with E-state index in [0.717, 1.165) is 19.6 Å². The van der Waals surface area contributed by atoms with Crippen molar-refractivity contribution in [2.24, 2.45) is 11.8 Å². The highest BCUT2D eigenvalue weighted by Crippen LogP contribution is 2.27. The third-order valence-electron chi connectivity index (χ3n) is 4.56. The number of nitro groups is 1. The van der Waals surface area contributed by atoms with Gasteiger partial charge in [0.2, 0.25) is 0 Å². The van der Waals surface area contributed by atoms with Gasteiger partial charge in [-0.1, -0.05) is 13.8 Å². The van der Waals surface area contributed by atoms with E-state index in [1.165, 1.54) is 19.5 Å². The normalized spacial score (nSPS) is 22.2. The maximum absolute atomic E-state index is 11.7. The number of nitrogens with one attached hydrogen (secondary N) is 2. The largest absolute Gasteiger partial charge is 0.376 e. The van der Waals surface area contributed by atoms with Crippen molar-refractivity contribution < 1.29 is 9.72 Å². The molecule has 1 aromatic carbocycles. The molecule has 7 nitrogen and oxygen atoms in total. The van der Waals surface area contributed by atoms with Crippen LogP contribution in [0.15, 0.2) is 18.2 Å². The number of nitrogens with zero attached hydrogens (tertiary/aromatic N) is 2. The number of rotatable bonds is 6. The van der Waals surface area contributed by atoms with Crippen LogP contribution in [0.5, 0.6) is 0 Å². The predicted octanol–water partition coefficient (Wildman–Crippen LogP) is 2.73. The minimum Gasteiger partial charge on any atom is -0.376 e. The van der Waals surface area contributed by atoms with Gasteiger partial charge >= 0.3 is 0 Å². The molecule has 2 N–H and O–H groups in total. The first-order valence-corrected chi connectivity index (χ1v) is 8.79. The summed E-state index contributed by atoms with van der Waals surface area (Å²) >= 11 is 0. The second kappa shape index (κ2) is 8.29. The maximum atomic E-state index is 11.7. The Morgan fingerprint density at radius 2 is 2.00 bits per heavy atom. The smallest absolute Gasteiger partial charge is 0.293 e. The van der Waals surface area contributed by atoms with Crippen LogP contribution < -0.4 is 10.6 Å². The van der Waals surface area contributed by atoms with Gasteiger partial charge in [0.05, 0.1) is 4.92 Å². The molecule has 0 saturated carbocycles. The summed E-state index contributed by atoms with van der Waals surface area (Å²) in [5.41, 5.74) is 0.655. The molecule has 25 heavy (non-hydrogen) atoms. The molecule has 1 heterocycles. The van der Waals surface area contributed by atoms with Gasteiger partial charge in [0.25, 0.3) is 11.6 Å². The number of carbonyl (C=O) groups is 1. The molecule has 1 aliphatic rings. The van der Waals surface area contributed by atoms with Crippen LogP contribution in [0, 0.1) is 22.0 Å². The number of likely N-dealkylation sites (tertiary alicyclic amines) is 1. The van der Waals surface area contributed by atoms with Gasteiger partial charge in [-0.3, -0.25) is 14.9 Å². The SMILES string of the molecule is CNC(=O)c1ccc(NC(C)CN2CC(C)CC(C)C2)c([N+](=O)[O-])c1. The molecule has 0 radical (unpaired) electrons. The van der Waals surface area contributed by atoms with Gasteiger partial charge in [0, 0.05) is 44.4 Å². The molecule has 3 unspecified atom stereocenters. The van der Waals surface area contributed by atoms with E-state index >= 15 is 0 Å². The van der Waals surface area contributed by atoms with Crippen molar-refractivity contribution in [2.45, 2.75) is 33.2 Å². The fraction of sp³-hybridized carbons (Fsp3) is 0.611. The van der Waals surface area contributed by atoms with Crippen molar-refractivity contribution in [1.82, 2.24) is 10.2 Å². The fourth-order valence-electron chi connectivity index (χ4n) is 3.73. The number of benzene rings is 1. The number of piperidine rings is 1. The van der Waals surface area contributed by atoms with Gasteiger partial charge in [0.15, 0.2) is 0 Å². The van der Waals surface area contributed by atoms with E-state index < -0.39 is 4.92 Å². The molecular weight excluding hydrogens is 320 g/mol.